The zero-order chi connectivity index (χ0) is 29.8. The first-order valence-corrected chi connectivity index (χ1v) is 15.8. The highest BCUT2D eigenvalue weighted by molar-refractivity contribution is 5.79. The lowest BCUT2D eigenvalue weighted by Gasteiger charge is -2.62. The Labute approximate surface area is 241 Å². The first-order chi connectivity index (χ1) is 18.8. The molecule has 4 aliphatic carbocycles. The molecule has 4 rings (SSSR count). The van der Waals surface area contributed by atoms with E-state index in [-0.39, 0.29) is 34.9 Å². The Balaban J connectivity index is 0.000000663. The van der Waals surface area contributed by atoms with Crippen LogP contribution in [0, 0.1) is 40.4 Å². The minimum Gasteiger partial charge on any atom is -0.479 e. The number of carbonyl (C=O) groups excluding carboxylic acids is 2. The number of fused-ring (bicyclic) bond motifs is 5. The summed E-state index contributed by atoms with van der Waals surface area (Å²) in [5, 5.41) is 26.5. The molecule has 4 saturated carbocycles. The predicted octanol–water partition coefficient (Wildman–Crippen LogP) is 4.69. The number of aliphatic carboxylic acids is 1. The van der Waals surface area contributed by atoms with Gasteiger partial charge in [-0.1, -0.05) is 27.7 Å². The predicted molar refractivity (Wildman–Crippen MR) is 154 cm³/mol. The summed E-state index contributed by atoms with van der Waals surface area (Å²) in [5.74, 6) is 1.42. The van der Waals surface area contributed by atoms with Crippen molar-refractivity contribution >= 4 is 17.7 Å². The largest absolute Gasteiger partial charge is 0.479 e. The Morgan fingerprint density at radius 3 is 2.15 bits per heavy atom. The molecular formula is C32H55NO7. The van der Waals surface area contributed by atoms with Gasteiger partial charge in [0.2, 0.25) is 0 Å². The van der Waals surface area contributed by atoms with Crippen LogP contribution in [0.25, 0.3) is 0 Å². The van der Waals surface area contributed by atoms with Gasteiger partial charge in [0.25, 0.3) is 0 Å². The maximum atomic E-state index is 13.1. The van der Waals surface area contributed by atoms with E-state index in [4.69, 9.17) is 14.9 Å². The fourth-order valence-electron chi connectivity index (χ4n) is 9.39. The number of carboxylic acids is 1. The van der Waals surface area contributed by atoms with E-state index in [0.29, 0.717) is 42.4 Å². The Bertz CT molecular complexity index is 886. The molecule has 0 heterocycles. The van der Waals surface area contributed by atoms with Crippen LogP contribution >= 0.6 is 0 Å². The Morgan fingerprint density at radius 1 is 0.975 bits per heavy atom. The van der Waals surface area contributed by atoms with Crippen molar-refractivity contribution in [2.24, 2.45) is 40.4 Å². The molecule has 0 amide bonds. The lowest BCUT2D eigenvalue weighted by atomic mass is 9.44. The van der Waals surface area contributed by atoms with Gasteiger partial charge in [0, 0.05) is 17.8 Å². The van der Waals surface area contributed by atoms with Gasteiger partial charge in [-0.3, -0.25) is 14.5 Å². The third-order valence-corrected chi connectivity index (χ3v) is 11.3. The third-order valence-electron chi connectivity index (χ3n) is 11.3. The molecular weight excluding hydrogens is 510 g/mol. The summed E-state index contributed by atoms with van der Waals surface area (Å²) in [6, 6.07) is 0. The Hall–Kier alpha value is -1.51. The summed E-state index contributed by atoms with van der Waals surface area (Å²) in [5.41, 5.74) is 0.0607. The standard InChI is InChI=1S/C29H49NO4.C3H6O3/c1-6-14-30(15-7-2)18-27(33)34-26-17-21(32)16-20-8-9-22-24-11-10-23(19(3)31)28(24,4)13-12-25(22)29(20,26)5;1-2(4)3(5)6/h20-26,32H,6-18H2,1-5H3;2,4H,1H3,(H,5,6)/t20-,21-,22-,23+,24-,25-,26?,28+,29-;/m0./s1. The first-order valence-electron chi connectivity index (χ1n) is 15.8. The van der Waals surface area contributed by atoms with Gasteiger partial charge >= 0.3 is 11.9 Å². The zero-order valence-corrected chi connectivity index (χ0v) is 25.7. The fraction of sp³-hybridized carbons (Fsp3) is 0.906. The molecule has 0 saturated heterocycles. The third kappa shape index (κ3) is 6.75. The highest BCUT2D eigenvalue weighted by atomic mass is 16.5. The minimum absolute atomic E-state index is 0.0756. The number of Topliss-reactive ketones (excluding diaryl/α,β-unsaturated/α-hetero) is 1. The van der Waals surface area contributed by atoms with Crippen LogP contribution in [0.2, 0.25) is 0 Å². The molecule has 10 atom stereocenters. The number of carboxylic acid groups (broad SMARTS) is 1. The van der Waals surface area contributed by atoms with Crippen LogP contribution in [0.15, 0.2) is 0 Å². The fourth-order valence-corrected chi connectivity index (χ4v) is 9.39. The van der Waals surface area contributed by atoms with Gasteiger partial charge in [-0.2, -0.15) is 0 Å². The van der Waals surface area contributed by atoms with Crippen LogP contribution in [0.1, 0.15) is 106 Å². The summed E-state index contributed by atoms with van der Waals surface area (Å²) < 4.78 is 6.31. The molecule has 0 spiro atoms. The van der Waals surface area contributed by atoms with Crippen LogP contribution in [0.4, 0.5) is 0 Å². The van der Waals surface area contributed by atoms with E-state index in [9.17, 15) is 19.5 Å². The molecule has 0 radical (unpaired) electrons. The number of carbonyl (C=O) groups is 3. The van der Waals surface area contributed by atoms with Crippen LogP contribution in [0.5, 0.6) is 0 Å². The zero-order valence-electron chi connectivity index (χ0n) is 25.7. The first kappa shape index (κ1) is 33.0. The van der Waals surface area contributed by atoms with E-state index >= 15 is 0 Å². The second-order valence-corrected chi connectivity index (χ2v) is 13.7. The van der Waals surface area contributed by atoms with Gasteiger partial charge in [-0.25, -0.2) is 4.79 Å². The van der Waals surface area contributed by atoms with Gasteiger partial charge in [0.1, 0.15) is 18.0 Å². The Kier molecular flexibility index (Phi) is 11.3. The molecule has 0 aromatic rings. The van der Waals surface area contributed by atoms with Gasteiger partial charge in [0.05, 0.1) is 12.6 Å². The molecule has 0 aromatic carbocycles. The lowest BCUT2D eigenvalue weighted by Crippen LogP contribution is -2.60. The summed E-state index contributed by atoms with van der Waals surface area (Å²) in [7, 11) is 0. The van der Waals surface area contributed by atoms with Crippen molar-refractivity contribution in [3.05, 3.63) is 0 Å². The highest BCUT2D eigenvalue weighted by Crippen LogP contribution is 2.67. The average molecular weight is 566 g/mol. The lowest BCUT2D eigenvalue weighted by molar-refractivity contribution is -0.203. The highest BCUT2D eigenvalue weighted by Gasteiger charge is 2.63. The number of nitrogens with zero attached hydrogens (tertiary/aromatic N) is 1. The molecule has 2 unspecified atom stereocenters. The Morgan fingerprint density at radius 2 is 1.60 bits per heavy atom. The minimum atomic E-state index is -1.23. The smallest absolute Gasteiger partial charge is 0.332 e. The van der Waals surface area contributed by atoms with Crippen molar-refractivity contribution in [1.29, 1.82) is 0 Å². The summed E-state index contributed by atoms with van der Waals surface area (Å²) in [4.78, 5) is 37.2. The number of hydrogen-bond donors (Lipinski definition) is 3. The van der Waals surface area contributed by atoms with Crippen LogP contribution in [0.3, 0.4) is 0 Å². The monoisotopic (exact) mass is 565 g/mol. The SMILES string of the molecule is CC(O)C(=O)O.CCCN(CCC)CC(=O)OC1C[C@@H](O)C[C@@H]2CC[C@H]3[C@@H]4CC[C@H](C(C)=O)[C@@]4(C)CC[C@@H]3[C@@]12C. The van der Waals surface area contributed by atoms with E-state index in [1.54, 1.807) is 6.92 Å². The molecule has 0 aliphatic heterocycles. The van der Waals surface area contributed by atoms with Crippen LogP contribution in [-0.4, -0.2) is 75.9 Å². The summed E-state index contributed by atoms with van der Waals surface area (Å²) >= 11 is 0. The number of aliphatic hydroxyl groups excluding tert-OH is 2. The number of hydrogen-bond acceptors (Lipinski definition) is 7. The molecule has 0 aromatic heterocycles. The summed E-state index contributed by atoms with van der Waals surface area (Å²) in [6.45, 7) is 14.2. The van der Waals surface area contributed by atoms with Crippen molar-refractivity contribution < 1.29 is 34.4 Å². The van der Waals surface area contributed by atoms with Gasteiger partial charge in [0.15, 0.2) is 0 Å². The molecule has 3 N–H and O–H groups in total. The van der Waals surface area contributed by atoms with Gasteiger partial charge in [-0.15, -0.1) is 0 Å². The molecule has 8 heteroatoms. The van der Waals surface area contributed by atoms with Crippen molar-refractivity contribution in [2.45, 2.75) is 124 Å². The second-order valence-electron chi connectivity index (χ2n) is 13.7. The quantitative estimate of drug-likeness (QED) is 0.344. The molecule has 230 valence electrons. The van der Waals surface area contributed by atoms with Crippen molar-refractivity contribution in [1.82, 2.24) is 4.90 Å². The van der Waals surface area contributed by atoms with E-state index in [1.807, 2.05) is 0 Å². The number of aliphatic hydroxyl groups is 2. The average Bonchev–Trinajstić information content (AvgIpc) is 3.23. The van der Waals surface area contributed by atoms with E-state index < -0.39 is 12.1 Å². The maximum absolute atomic E-state index is 13.1. The normalized spacial score (nSPS) is 39.2. The van der Waals surface area contributed by atoms with E-state index in [0.717, 1.165) is 58.0 Å². The topological polar surface area (TPSA) is 124 Å². The number of rotatable bonds is 9. The van der Waals surface area contributed by atoms with Crippen molar-refractivity contribution in [3.8, 4) is 0 Å². The molecule has 40 heavy (non-hydrogen) atoms. The van der Waals surface area contributed by atoms with Gasteiger partial charge in [-0.05, 0) is 114 Å². The van der Waals surface area contributed by atoms with Gasteiger partial charge < -0.3 is 20.1 Å². The van der Waals surface area contributed by atoms with Crippen molar-refractivity contribution in [3.63, 3.8) is 0 Å². The maximum Gasteiger partial charge on any atom is 0.332 e. The van der Waals surface area contributed by atoms with E-state index in [1.165, 1.54) is 19.8 Å². The van der Waals surface area contributed by atoms with Crippen molar-refractivity contribution in [2.75, 3.05) is 19.6 Å². The summed E-state index contributed by atoms with van der Waals surface area (Å²) in [6.07, 6.45) is 8.39. The molecule has 0 bridgehead atoms. The number of ether oxygens (including phenoxy) is 1. The molecule has 8 nitrogen and oxygen atoms in total. The molecule has 4 fully saturated rings. The number of esters is 1. The molecule has 4 aliphatic rings. The second kappa shape index (κ2) is 13.6. The van der Waals surface area contributed by atoms with Crippen LogP contribution in [-0.2, 0) is 19.1 Å². The van der Waals surface area contributed by atoms with Crippen LogP contribution < -0.4 is 0 Å². The van der Waals surface area contributed by atoms with E-state index in [2.05, 4.69) is 32.6 Å². The number of ketones is 1.